The smallest absolute Gasteiger partial charge is 0.317 e. The van der Waals surface area contributed by atoms with E-state index in [1.165, 1.54) is 7.11 Å². The van der Waals surface area contributed by atoms with E-state index in [9.17, 15) is 4.79 Å². The predicted octanol–water partition coefficient (Wildman–Crippen LogP) is 1.30. The van der Waals surface area contributed by atoms with Crippen molar-refractivity contribution in [2.24, 2.45) is 0 Å². The molecule has 0 atom stereocenters. The Hall–Kier alpha value is -1.82. The lowest BCUT2D eigenvalue weighted by atomic mass is 10.2. The molecule has 14 heavy (non-hydrogen) atoms. The Balaban J connectivity index is 2.64. The summed E-state index contributed by atoms with van der Waals surface area (Å²) in [6.45, 7) is 1.94. The van der Waals surface area contributed by atoms with Crippen LogP contribution in [0.5, 0.6) is 0 Å². The highest BCUT2D eigenvalue weighted by Crippen LogP contribution is 1.98. The predicted molar refractivity (Wildman–Crippen MR) is 52.5 cm³/mol. The third kappa shape index (κ3) is 3.28. The van der Waals surface area contributed by atoms with E-state index < -0.39 is 0 Å². The number of nitrogens with zero attached hydrogens (tertiary/aromatic N) is 1. The Morgan fingerprint density at radius 3 is 3.00 bits per heavy atom. The van der Waals surface area contributed by atoms with Gasteiger partial charge in [0.25, 0.3) is 0 Å². The van der Waals surface area contributed by atoms with Gasteiger partial charge < -0.3 is 4.74 Å². The van der Waals surface area contributed by atoms with Gasteiger partial charge in [-0.15, -0.1) is 0 Å². The fraction of sp³-hybridized carbons (Fsp3) is 0.273. The molecule has 1 aromatic heterocycles. The molecule has 0 radical (unpaired) electrons. The first-order valence-corrected chi connectivity index (χ1v) is 4.19. The summed E-state index contributed by atoms with van der Waals surface area (Å²) < 4.78 is 4.45. The van der Waals surface area contributed by atoms with Gasteiger partial charge in [0.15, 0.2) is 0 Å². The fourth-order valence-corrected chi connectivity index (χ4v) is 0.914. The Kier molecular flexibility index (Phi) is 3.69. The number of rotatable bonds is 1. The number of ether oxygens (including phenoxy) is 1. The van der Waals surface area contributed by atoms with E-state index in [1.807, 2.05) is 13.0 Å². The summed E-state index contributed by atoms with van der Waals surface area (Å²) >= 11 is 0. The number of hydrogen-bond donors (Lipinski definition) is 0. The standard InChI is InChI=1S/C11H11NO2/c1-9-6-10(8-12-7-9)4-3-5-11(13)14-2/h6-8H,5H2,1-2H3. The molecular weight excluding hydrogens is 178 g/mol. The first-order chi connectivity index (χ1) is 6.72. The molecule has 0 unspecified atom stereocenters. The normalized spacial score (nSPS) is 8.71. The number of hydrogen-bond acceptors (Lipinski definition) is 3. The van der Waals surface area contributed by atoms with Gasteiger partial charge in [0.05, 0.1) is 7.11 Å². The first-order valence-electron chi connectivity index (χ1n) is 4.19. The van der Waals surface area contributed by atoms with Crippen molar-refractivity contribution in [2.45, 2.75) is 13.3 Å². The summed E-state index contributed by atoms with van der Waals surface area (Å²) in [7, 11) is 1.35. The van der Waals surface area contributed by atoms with E-state index in [2.05, 4.69) is 21.6 Å². The molecule has 0 aliphatic rings. The number of carbonyl (C=O) groups is 1. The molecule has 3 nitrogen and oxygen atoms in total. The van der Waals surface area contributed by atoms with Crippen LogP contribution in [0.4, 0.5) is 0 Å². The van der Waals surface area contributed by atoms with Gasteiger partial charge in [-0.05, 0) is 18.6 Å². The summed E-state index contributed by atoms with van der Waals surface area (Å²) in [5.74, 6) is 5.23. The molecular formula is C11H11NO2. The summed E-state index contributed by atoms with van der Waals surface area (Å²) in [4.78, 5) is 14.7. The van der Waals surface area contributed by atoms with Crippen molar-refractivity contribution in [2.75, 3.05) is 7.11 Å². The van der Waals surface area contributed by atoms with Gasteiger partial charge in [-0.2, -0.15) is 0 Å². The molecule has 0 aliphatic carbocycles. The zero-order valence-electron chi connectivity index (χ0n) is 8.20. The average molecular weight is 189 g/mol. The third-order valence-corrected chi connectivity index (χ3v) is 1.57. The molecule has 0 aliphatic heterocycles. The molecule has 1 rings (SSSR count). The summed E-state index contributed by atoms with van der Waals surface area (Å²) in [6, 6.07) is 1.91. The number of pyridine rings is 1. The van der Waals surface area contributed by atoms with Crippen molar-refractivity contribution in [1.29, 1.82) is 0 Å². The fourth-order valence-electron chi connectivity index (χ4n) is 0.914. The monoisotopic (exact) mass is 189 g/mol. The molecule has 3 heteroatoms. The van der Waals surface area contributed by atoms with Crippen LogP contribution in [0.2, 0.25) is 0 Å². The van der Waals surface area contributed by atoms with Crippen LogP contribution in [0.3, 0.4) is 0 Å². The van der Waals surface area contributed by atoms with Gasteiger partial charge in [0.1, 0.15) is 6.42 Å². The average Bonchev–Trinajstić information content (AvgIpc) is 2.17. The van der Waals surface area contributed by atoms with E-state index in [0.717, 1.165) is 11.1 Å². The highest BCUT2D eigenvalue weighted by Gasteiger charge is 1.93. The molecule has 72 valence electrons. The first kappa shape index (κ1) is 10.3. The SMILES string of the molecule is COC(=O)CC#Cc1cncc(C)c1. The van der Waals surface area contributed by atoms with Gasteiger partial charge in [-0.25, -0.2) is 0 Å². The molecule has 0 spiro atoms. The lowest BCUT2D eigenvalue weighted by Crippen LogP contribution is -1.97. The minimum absolute atomic E-state index is 0.116. The lowest BCUT2D eigenvalue weighted by molar-refractivity contribution is -0.139. The van der Waals surface area contributed by atoms with Crippen LogP contribution in [-0.4, -0.2) is 18.1 Å². The van der Waals surface area contributed by atoms with E-state index in [1.54, 1.807) is 12.4 Å². The van der Waals surface area contributed by atoms with Crippen molar-refractivity contribution in [3.8, 4) is 11.8 Å². The topological polar surface area (TPSA) is 39.2 Å². The van der Waals surface area contributed by atoms with Crippen LogP contribution in [0.1, 0.15) is 17.5 Å². The van der Waals surface area contributed by atoms with Crippen molar-refractivity contribution >= 4 is 5.97 Å². The second kappa shape index (κ2) is 5.03. The number of carbonyl (C=O) groups excluding carboxylic acids is 1. The summed E-state index contributed by atoms with van der Waals surface area (Å²) in [5, 5.41) is 0. The van der Waals surface area contributed by atoms with Gasteiger partial charge in [-0.1, -0.05) is 11.8 Å². The highest BCUT2D eigenvalue weighted by atomic mass is 16.5. The molecule has 0 bridgehead atoms. The maximum Gasteiger partial charge on any atom is 0.317 e. The molecule has 1 aromatic rings. The maximum atomic E-state index is 10.7. The Bertz CT molecular complexity index is 388. The molecule has 0 fully saturated rings. The Morgan fingerprint density at radius 1 is 1.57 bits per heavy atom. The molecule has 0 aromatic carbocycles. The van der Waals surface area contributed by atoms with Gasteiger partial charge in [0, 0.05) is 18.0 Å². The molecule has 0 amide bonds. The number of methoxy groups -OCH3 is 1. The highest BCUT2D eigenvalue weighted by molar-refractivity contribution is 5.72. The quantitative estimate of drug-likeness (QED) is 0.494. The minimum Gasteiger partial charge on any atom is -0.468 e. The van der Waals surface area contributed by atoms with Crippen LogP contribution in [-0.2, 0) is 9.53 Å². The summed E-state index contributed by atoms with van der Waals surface area (Å²) in [6.07, 6.45) is 3.53. The minimum atomic E-state index is -0.321. The molecule has 1 heterocycles. The number of aromatic nitrogens is 1. The lowest BCUT2D eigenvalue weighted by Gasteiger charge is -1.92. The maximum absolute atomic E-state index is 10.7. The van der Waals surface area contributed by atoms with E-state index >= 15 is 0 Å². The molecule has 0 saturated carbocycles. The van der Waals surface area contributed by atoms with Crippen LogP contribution >= 0.6 is 0 Å². The van der Waals surface area contributed by atoms with Crippen LogP contribution in [0.15, 0.2) is 18.5 Å². The van der Waals surface area contributed by atoms with Crippen LogP contribution in [0, 0.1) is 18.8 Å². The molecule has 0 saturated heterocycles. The van der Waals surface area contributed by atoms with Gasteiger partial charge in [-0.3, -0.25) is 9.78 Å². The number of aryl methyl sites for hydroxylation is 1. The second-order valence-corrected chi connectivity index (χ2v) is 2.81. The van der Waals surface area contributed by atoms with Crippen LogP contribution < -0.4 is 0 Å². The second-order valence-electron chi connectivity index (χ2n) is 2.81. The van der Waals surface area contributed by atoms with Crippen LogP contribution in [0.25, 0.3) is 0 Å². The Labute approximate surface area is 83.1 Å². The van der Waals surface area contributed by atoms with Gasteiger partial charge in [0.2, 0.25) is 0 Å². The van der Waals surface area contributed by atoms with E-state index in [-0.39, 0.29) is 12.4 Å². The van der Waals surface area contributed by atoms with Crippen molar-refractivity contribution in [3.05, 3.63) is 29.6 Å². The van der Waals surface area contributed by atoms with E-state index in [0.29, 0.717) is 0 Å². The van der Waals surface area contributed by atoms with Crippen molar-refractivity contribution in [1.82, 2.24) is 4.98 Å². The third-order valence-electron chi connectivity index (χ3n) is 1.57. The molecule has 0 N–H and O–H groups in total. The number of esters is 1. The van der Waals surface area contributed by atoms with Crippen molar-refractivity contribution in [3.63, 3.8) is 0 Å². The zero-order valence-corrected chi connectivity index (χ0v) is 8.20. The Morgan fingerprint density at radius 2 is 2.36 bits per heavy atom. The van der Waals surface area contributed by atoms with Crippen molar-refractivity contribution < 1.29 is 9.53 Å². The van der Waals surface area contributed by atoms with Gasteiger partial charge >= 0.3 is 5.97 Å². The van der Waals surface area contributed by atoms with E-state index in [4.69, 9.17) is 0 Å². The zero-order chi connectivity index (χ0) is 10.4. The summed E-state index contributed by atoms with van der Waals surface area (Å²) in [5.41, 5.74) is 1.86. The largest absolute Gasteiger partial charge is 0.468 e.